The zero-order chi connectivity index (χ0) is 12.5. The molecule has 1 fully saturated rings. The summed E-state index contributed by atoms with van der Waals surface area (Å²) in [5.41, 5.74) is 5.93. The summed E-state index contributed by atoms with van der Waals surface area (Å²) in [6.07, 6.45) is 5.24. The quantitative estimate of drug-likeness (QED) is 0.796. The second-order valence-corrected chi connectivity index (χ2v) is 6.13. The summed E-state index contributed by atoms with van der Waals surface area (Å²) < 4.78 is 28.2. The number of nitrogens with two attached hydrogens (primary N) is 1. The molecule has 0 aromatic carbocycles. The van der Waals surface area contributed by atoms with E-state index >= 15 is 0 Å². The Morgan fingerprint density at radius 3 is 2.76 bits per heavy atom. The van der Waals surface area contributed by atoms with Crippen molar-refractivity contribution in [2.24, 2.45) is 12.8 Å². The largest absolute Gasteiger partial charge is 0.326 e. The monoisotopic (exact) mass is 258 g/mol. The fraction of sp³-hybridized carbons (Fsp3) is 0.700. The Hall–Kier alpha value is -0.920. The molecule has 3 N–H and O–H groups in total. The molecule has 0 amide bonds. The number of rotatable bonds is 3. The Kier molecular flexibility index (Phi) is 3.50. The van der Waals surface area contributed by atoms with Crippen molar-refractivity contribution in [1.82, 2.24) is 14.5 Å². The highest BCUT2D eigenvalue weighted by atomic mass is 32.2. The summed E-state index contributed by atoms with van der Waals surface area (Å²) in [7, 11) is -1.90. The number of nitrogens with one attached hydrogen (secondary N) is 1. The Balaban J connectivity index is 2.15. The van der Waals surface area contributed by atoms with Crippen molar-refractivity contribution in [3.63, 3.8) is 0 Å². The Bertz CT molecular complexity index is 482. The van der Waals surface area contributed by atoms with Crippen LogP contribution in [0, 0.1) is 0 Å². The Morgan fingerprint density at radius 2 is 2.18 bits per heavy atom. The van der Waals surface area contributed by atoms with Gasteiger partial charge in [-0.15, -0.1) is 0 Å². The molecule has 1 aliphatic rings. The molecule has 0 spiro atoms. The molecular weight excluding hydrogens is 240 g/mol. The molecule has 96 valence electrons. The smallest absolute Gasteiger partial charge is 0.258 e. The maximum atomic E-state index is 12.1. The van der Waals surface area contributed by atoms with Gasteiger partial charge in [0.1, 0.15) is 0 Å². The fourth-order valence-corrected chi connectivity index (χ4v) is 3.64. The number of aryl methyl sites for hydroxylation is 1. The molecular formula is C10H18N4O2S. The summed E-state index contributed by atoms with van der Waals surface area (Å²) in [6.45, 7) is 0. The number of nitrogens with zero attached hydrogens (tertiary/aromatic N) is 2. The average Bonchev–Trinajstić information content (AvgIpc) is 2.68. The maximum absolute atomic E-state index is 12.1. The van der Waals surface area contributed by atoms with Crippen molar-refractivity contribution in [1.29, 1.82) is 0 Å². The van der Waals surface area contributed by atoms with Gasteiger partial charge in [0.05, 0.1) is 6.20 Å². The minimum Gasteiger partial charge on any atom is -0.326 e. The zero-order valence-electron chi connectivity index (χ0n) is 9.83. The third kappa shape index (κ3) is 2.67. The van der Waals surface area contributed by atoms with E-state index in [1.165, 1.54) is 16.9 Å². The highest BCUT2D eigenvalue weighted by Gasteiger charge is 2.28. The van der Waals surface area contributed by atoms with E-state index in [0.717, 1.165) is 25.7 Å². The molecule has 17 heavy (non-hydrogen) atoms. The Morgan fingerprint density at radius 1 is 1.47 bits per heavy atom. The normalized spacial score (nSPS) is 26.0. The van der Waals surface area contributed by atoms with Crippen molar-refractivity contribution >= 4 is 10.0 Å². The molecule has 0 unspecified atom stereocenters. The van der Waals surface area contributed by atoms with Crippen molar-refractivity contribution in [2.75, 3.05) is 0 Å². The summed E-state index contributed by atoms with van der Waals surface area (Å²) in [5, 5.41) is 4.04. The van der Waals surface area contributed by atoms with Gasteiger partial charge in [0.25, 0.3) is 10.0 Å². The molecule has 2 rings (SSSR count). The van der Waals surface area contributed by atoms with Crippen LogP contribution in [-0.4, -0.2) is 30.3 Å². The molecule has 1 aliphatic carbocycles. The molecule has 2 atom stereocenters. The third-order valence-electron chi connectivity index (χ3n) is 3.18. The van der Waals surface area contributed by atoms with Crippen molar-refractivity contribution in [3.05, 3.63) is 12.3 Å². The van der Waals surface area contributed by atoms with Gasteiger partial charge in [0.2, 0.25) is 0 Å². The fourth-order valence-electron chi connectivity index (χ4n) is 2.19. The molecule has 1 aromatic rings. The first-order chi connectivity index (χ1) is 8.00. The first-order valence-electron chi connectivity index (χ1n) is 5.76. The summed E-state index contributed by atoms with van der Waals surface area (Å²) in [6, 6.07) is 1.23. The number of sulfonamides is 1. The van der Waals surface area contributed by atoms with Crippen LogP contribution in [0.15, 0.2) is 17.3 Å². The highest BCUT2D eigenvalue weighted by molar-refractivity contribution is 7.89. The van der Waals surface area contributed by atoms with E-state index in [1.807, 2.05) is 0 Å². The molecule has 6 nitrogen and oxygen atoms in total. The molecule has 0 radical (unpaired) electrons. The van der Waals surface area contributed by atoms with Crippen molar-refractivity contribution < 1.29 is 8.42 Å². The van der Waals surface area contributed by atoms with Crippen LogP contribution in [0.25, 0.3) is 0 Å². The van der Waals surface area contributed by atoms with Crippen molar-refractivity contribution in [3.8, 4) is 0 Å². The molecule has 1 heterocycles. The van der Waals surface area contributed by atoms with E-state index in [4.69, 9.17) is 5.73 Å². The van der Waals surface area contributed by atoms with Gasteiger partial charge in [-0.3, -0.25) is 4.68 Å². The lowest BCUT2D eigenvalue weighted by atomic mass is 9.92. The predicted molar refractivity (Wildman–Crippen MR) is 63.8 cm³/mol. The Labute approximate surface area is 101 Å². The van der Waals surface area contributed by atoms with Gasteiger partial charge in [0, 0.05) is 19.1 Å². The van der Waals surface area contributed by atoms with E-state index in [-0.39, 0.29) is 17.1 Å². The van der Waals surface area contributed by atoms with Crippen LogP contribution in [0.1, 0.15) is 25.7 Å². The highest BCUT2D eigenvalue weighted by Crippen LogP contribution is 2.19. The topological polar surface area (TPSA) is 90.0 Å². The predicted octanol–water partition coefficient (Wildman–Crippen LogP) is -0.0317. The van der Waals surface area contributed by atoms with E-state index in [1.54, 1.807) is 7.05 Å². The first kappa shape index (κ1) is 12.5. The number of hydrogen-bond donors (Lipinski definition) is 2. The number of aromatic nitrogens is 2. The first-order valence-corrected chi connectivity index (χ1v) is 7.25. The van der Waals surface area contributed by atoms with Crippen molar-refractivity contribution in [2.45, 2.75) is 42.8 Å². The van der Waals surface area contributed by atoms with E-state index < -0.39 is 10.0 Å². The van der Waals surface area contributed by atoms with Crippen LogP contribution in [0.4, 0.5) is 0 Å². The SMILES string of the molecule is Cn1nccc1S(=O)(=O)N[C@@H]1CCCC[C@H]1N. The van der Waals surface area contributed by atoms with Crippen LogP contribution in [0.3, 0.4) is 0 Å². The van der Waals surface area contributed by atoms with Crippen LogP contribution in [0.2, 0.25) is 0 Å². The molecule has 7 heteroatoms. The third-order valence-corrected chi connectivity index (χ3v) is 4.74. The van der Waals surface area contributed by atoms with E-state index in [0.29, 0.717) is 0 Å². The minimum atomic E-state index is -3.51. The van der Waals surface area contributed by atoms with E-state index in [9.17, 15) is 8.42 Å². The van der Waals surface area contributed by atoms with Gasteiger partial charge < -0.3 is 5.73 Å². The summed E-state index contributed by atoms with van der Waals surface area (Å²) in [5.74, 6) is 0. The van der Waals surface area contributed by atoms with Gasteiger partial charge in [-0.2, -0.15) is 5.10 Å². The maximum Gasteiger partial charge on any atom is 0.258 e. The second-order valence-electron chi connectivity index (χ2n) is 4.47. The average molecular weight is 258 g/mol. The minimum absolute atomic E-state index is 0.0910. The van der Waals surface area contributed by atoms with Gasteiger partial charge in [-0.1, -0.05) is 12.8 Å². The lowest BCUT2D eigenvalue weighted by Gasteiger charge is -2.28. The van der Waals surface area contributed by atoms with Crippen LogP contribution < -0.4 is 10.5 Å². The van der Waals surface area contributed by atoms with E-state index in [2.05, 4.69) is 9.82 Å². The van der Waals surface area contributed by atoms with Gasteiger partial charge in [0.15, 0.2) is 5.03 Å². The van der Waals surface area contributed by atoms with Gasteiger partial charge in [-0.05, 0) is 18.9 Å². The van der Waals surface area contributed by atoms with Crippen LogP contribution in [-0.2, 0) is 17.1 Å². The lowest BCUT2D eigenvalue weighted by Crippen LogP contribution is -2.49. The summed E-state index contributed by atoms with van der Waals surface area (Å²) in [4.78, 5) is 0. The standard InChI is InChI=1S/C10H18N4O2S/c1-14-10(6-7-12-14)17(15,16)13-9-5-3-2-4-8(9)11/h6-9,13H,2-5,11H2,1H3/t8-,9-/m1/s1. The van der Waals surface area contributed by atoms with Gasteiger partial charge in [-0.25, -0.2) is 13.1 Å². The molecule has 1 aromatic heterocycles. The van der Waals surface area contributed by atoms with Crippen LogP contribution >= 0.6 is 0 Å². The van der Waals surface area contributed by atoms with Gasteiger partial charge >= 0.3 is 0 Å². The second kappa shape index (κ2) is 4.75. The summed E-state index contributed by atoms with van der Waals surface area (Å²) >= 11 is 0. The number of hydrogen-bond acceptors (Lipinski definition) is 4. The molecule has 0 saturated heterocycles. The molecule has 0 aliphatic heterocycles. The molecule has 1 saturated carbocycles. The zero-order valence-corrected chi connectivity index (χ0v) is 10.7. The molecule has 0 bridgehead atoms. The lowest BCUT2D eigenvalue weighted by molar-refractivity contribution is 0.360. The van der Waals surface area contributed by atoms with Crippen LogP contribution in [0.5, 0.6) is 0 Å².